The Balaban J connectivity index is 5.80. The standard InChI is InChI=1S/C9H18O7P2/c1-6-7-8-9(10,17(11,13-2)14-3)18(12,15-4)16-5/h1,10H,7-8H2,2-5H3. The monoisotopic (exact) mass is 300 g/mol. The van der Waals surface area contributed by atoms with Gasteiger partial charge in [0.15, 0.2) is 0 Å². The van der Waals surface area contributed by atoms with Gasteiger partial charge in [0.2, 0.25) is 0 Å². The third kappa shape index (κ3) is 2.87. The van der Waals surface area contributed by atoms with Crippen LogP contribution in [0.3, 0.4) is 0 Å². The van der Waals surface area contributed by atoms with Gasteiger partial charge in [-0.25, -0.2) is 0 Å². The smallest absolute Gasteiger partial charge is 0.367 e. The normalized spacial score (nSPS) is 13.3. The highest BCUT2D eigenvalue weighted by atomic mass is 31.2. The Hall–Kier alpha value is -0.180. The largest absolute Gasteiger partial charge is 0.374 e. The molecule has 0 unspecified atom stereocenters. The summed E-state index contributed by atoms with van der Waals surface area (Å²) in [4.78, 5) is 0. The summed E-state index contributed by atoms with van der Waals surface area (Å²) in [6.45, 7) is 0. The van der Waals surface area contributed by atoms with Crippen LogP contribution in [0.25, 0.3) is 0 Å². The van der Waals surface area contributed by atoms with Crippen LogP contribution in [-0.4, -0.2) is 38.6 Å². The van der Waals surface area contributed by atoms with Crippen LogP contribution in [0, 0.1) is 12.3 Å². The number of aliphatic hydroxyl groups is 1. The number of rotatable bonds is 8. The van der Waals surface area contributed by atoms with Gasteiger partial charge in [-0.2, -0.15) is 0 Å². The van der Waals surface area contributed by atoms with Crippen molar-refractivity contribution in [2.75, 3.05) is 28.4 Å². The van der Waals surface area contributed by atoms with Gasteiger partial charge in [-0.05, 0) is 0 Å². The van der Waals surface area contributed by atoms with Gasteiger partial charge in [-0.15, -0.1) is 12.3 Å². The van der Waals surface area contributed by atoms with Gasteiger partial charge in [0.1, 0.15) is 0 Å². The zero-order valence-corrected chi connectivity index (χ0v) is 12.6. The molecule has 106 valence electrons. The van der Waals surface area contributed by atoms with Gasteiger partial charge >= 0.3 is 15.2 Å². The van der Waals surface area contributed by atoms with E-state index in [2.05, 4.69) is 24.0 Å². The average molecular weight is 300 g/mol. The molecular weight excluding hydrogens is 282 g/mol. The minimum atomic E-state index is -4.14. The summed E-state index contributed by atoms with van der Waals surface area (Å²) in [6, 6.07) is 0. The summed E-state index contributed by atoms with van der Waals surface area (Å²) in [5.41, 5.74) is 0. The molecule has 0 aromatic heterocycles. The zero-order valence-electron chi connectivity index (χ0n) is 10.8. The third-order valence-electron chi connectivity index (χ3n) is 2.44. The SMILES string of the molecule is C#CCCC(O)(P(=O)(OC)OC)P(=O)(OC)OC. The first-order valence-corrected chi connectivity index (χ1v) is 7.98. The van der Waals surface area contributed by atoms with E-state index in [0.29, 0.717) is 0 Å². The van der Waals surface area contributed by atoms with Crippen molar-refractivity contribution >= 4 is 15.2 Å². The molecule has 9 heteroatoms. The first kappa shape index (κ1) is 17.8. The maximum atomic E-state index is 12.3. The predicted molar refractivity (Wildman–Crippen MR) is 66.3 cm³/mol. The molecule has 18 heavy (non-hydrogen) atoms. The van der Waals surface area contributed by atoms with E-state index in [9.17, 15) is 14.2 Å². The lowest BCUT2D eigenvalue weighted by Gasteiger charge is -2.36. The molecule has 0 aliphatic carbocycles. The third-order valence-corrected chi connectivity index (χ3v) is 8.04. The molecule has 0 bridgehead atoms. The van der Waals surface area contributed by atoms with E-state index >= 15 is 0 Å². The molecule has 0 amide bonds. The van der Waals surface area contributed by atoms with Gasteiger partial charge in [0.25, 0.3) is 5.08 Å². The minimum absolute atomic E-state index is 0.0100. The van der Waals surface area contributed by atoms with Gasteiger partial charge in [-0.1, -0.05) is 0 Å². The summed E-state index contributed by atoms with van der Waals surface area (Å²) in [7, 11) is -4.06. The molecule has 0 saturated carbocycles. The Labute approximate surface area is 107 Å². The fourth-order valence-corrected chi connectivity index (χ4v) is 5.82. The molecule has 0 rings (SSSR count). The Morgan fingerprint density at radius 1 is 1.06 bits per heavy atom. The molecule has 0 aromatic rings. The van der Waals surface area contributed by atoms with Gasteiger partial charge < -0.3 is 23.2 Å². The van der Waals surface area contributed by atoms with Crippen LogP contribution < -0.4 is 0 Å². The van der Waals surface area contributed by atoms with Gasteiger partial charge in [0.05, 0.1) is 0 Å². The average Bonchev–Trinajstić information content (AvgIpc) is 2.42. The molecule has 0 heterocycles. The van der Waals surface area contributed by atoms with Crippen molar-refractivity contribution in [2.45, 2.75) is 17.9 Å². The zero-order chi connectivity index (χ0) is 14.4. The van der Waals surface area contributed by atoms with E-state index < -0.39 is 20.3 Å². The quantitative estimate of drug-likeness (QED) is 0.541. The van der Waals surface area contributed by atoms with E-state index in [4.69, 9.17) is 6.42 Å². The van der Waals surface area contributed by atoms with Crippen molar-refractivity contribution in [2.24, 2.45) is 0 Å². The number of hydrogen-bond donors (Lipinski definition) is 1. The second-order valence-corrected chi connectivity index (χ2v) is 8.49. The topological polar surface area (TPSA) is 91.3 Å². The highest BCUT2D eigenvalue weighted by Crippen LogP contribution is 2.77. The lowest BCUT2D eigenvalue weighted by atomic mass is 10.3. The van der Waals surface area contributed by atoms with E-state index in [1.165, 1.54) is 0 Å². The summed E-state index contributed by atoms with van der Waals surface area (Å²) < 4.78 is 43.4. The molecule has 0 spiro atoms. The summed E-state index contributed by atoms with van der Waals surface area (Å²) >= 11 is 0. The van der Waals surface area contributed by atoms with Crippen LogP contribution in [0.1, 0.15) is 12.8 Å². The molecule has 0 fully saturated rings. The van der Waals surface area contributed by atoms with Crippen molar-refractivity contribution < 1.29 is 32.3 Å². The Kier molecular flexibility index (Phi) is 6.77. The minimum Gasteiger partial charge on any atom is -0.367 e. The fourth-order valence-electron chi connectivity index (χ4n) is 1.40. The van der Waals surface area contributed by atoms with E-state index in [0.717, 1.165) is 28.4 Å². The lowest BCUT2D eigenvalue weighted by molar-refractivity contribution is 0.0982. The second-order valence-electron chi connectivity index (χ2n) is 3.20. The molecule has 0 atom stereocenters. The van der Waals surface area contributed by atoms with E-state index in [-0.39, 0.29) is 12.8 Å². The Bertz CT molecular complexity index is 358. The highest BCUT2D eigenvalue weighted by Gasteiger charge is 2.63. The van der Waals surface area contributed by atoms with Crippen LogP contribution in [0.15, 0.2) is 0 Å². The van der Waals surface area contributed by atoms with Crippen LogP contribution in [0.4, 0.5) is 0 Å². The summed E-state index contributed by atoms with van der Waals surface area (Å²) in [6.07, 6.45) is 4.76. The fraction of sp³-hybridized carbons (Fsp3) is 0.778. The first-order chi connectivity index (χ1) is 8.30. The Morgan fingerprint density at radius 2 is 1.39 bits per heavy atom. The van der Waals surface area contributed by atoms with Crippen molar-refractivity contribution in [1.29, 1.82) is 0 Å². The van der Waals surface area contributed by atoms with Crippen molar-refractivity contribution in [3.8, 4) is 12.3 Å². The summed E-state index contributed by atoms with van der Waals surface area (Å²) in [5, 5.41) is 8.00. The summed E-state index contributed by atoms with van der Waals surface area (Å²) in [5.74, 6) is 2.24. The van der Waals surface area contributed by atoms with E-state index in [1.807, 2.05) is 0 Å². The predicted octanol–water partition coefficient (Wildman–Crippen LogP) is 2.02. The van der Waals surface area contributed by atoms with Crippen LogP contribution in [0.2, 0.25) is 0 Å². The van der Waals surface area contributed by atoms with Crippen molar-refractivity contribution in [3.05, 3.63) is 0 Å². The maximum Gasteiger partial charge on any atom is 0.374 e. The molecule has 0 radical (unpaired) electrons. The molecule has 0 saturated heterocycles. The molecule has 0 aliphatic heterocycles. The Morgan fingerprint density at radius 3 is 1.61 bits per heavy atom. The highest BCUT2D eigenvalue weighted by molar-refractivity contribution is 7.73. The molecule has 0 aromatic carbocycles. The van der Waals surface area contributed by atoms with Gasteiger partial charge in [-0.3, -0.25) is 9.13 Å². The van der Waals surface area contributed by atoms with Crippen molar-refractivity contribution in [3.63, 3.8) is 0 Å². The molecule has 1 N–H and O–H groups in total. The number of terminal acetylenes is 1. The molecular formula is C9H18O7P2. The lowest BCUT2D eigenvalue weighted by Crippen LogP contribution is -2.31. The molecule has 7 nitrogen and oxygen atoms in total. The number of hydrogen-bond acceptors (Lipinski definition) is 7. The van der Waals surface area contributed by atoms with Gasteiger partial charge in [0, 0.05) is 41.3 Å². The van der Waals surface area contributed by atoms with Crippen LogP contribution in [0.5, 0.6) is 0 Å². The second kappa shape index (κ2) is 6.83. The van der Waals surface area contributed by atoms with Crippen LogP contribution >= 0.6 is 15.2 Å². The maximum absolute atomic E-state index is 12.3. The molecule has 0 aliphatic rings. The van der Waals surface area contributed by atoms with Crippen molar-refractivity contribution in [1.82, 2.24) is 0 Å². The first-order valence-electron chi connectivity index (χ1n) is 4.90. The van der Waals surface area contributed by atoms with E-state index in [1.54, 1.807) is 0 Å². The van der Waals surface area contributed by atoms with Crippen LogP contribution in [-0.2, 0) is 27.2 Å².